The second-order valence-corrected chi connectivity index (χ2v) is 4.62. The molecule has 0 spiro atoms. The van der Waals surface area contributed by atoms with E-state index in [0.29, 0.717) is 22.6 Å². The van der Waals surface area contributed by atoms with Gasteiger partial charge in [-0.15, -0.1) is 0 Å². The van der Waals surface area contributed by atoms with Gasteiger partial charge in [0.2, 0.25) is 0 Å². The molecular weight excluding hydrogens is 281 g/mol. The maximum Gasteiger partial charge on any atom is 0.262 e. The highest BCUT2D eigenvalue weighted by molar-refractivity contribution is 6.36. The molecule has 1 heterocycles. The van der Waals surface area contributed by atoms with Crippen LogP contribution in [-0.2, 0) is 7.05 Å². The lowest BCUT2D eigenvalue weighted by atomic mass is 9.89. The molecule has 6 nitrogen and oxygen atoms in total. The Balaban J connectivity index is 2.42. The molecule has 110 valence electrons. The molecule has 0 bridgehead atoms. The highest BCUT2D eigenvalue weighted by atomic mass is 16.6. The first kappa shape index (κ1) is 15.6. The van der Waals surface area contributed by atoms with Crippen LogP contribution in [0.2, 0.25) is 0 Å². The van der Waals surface area contributed by atoms with Crippen LogP contribution in [0.4, 0.5) is 5.69 Å². The van der Waals surface area contributed by atoms with Gasteiger partial charge in [0.05, 0.1) is 4.92 Å². The third-order valence-corrected chi connectivity index (χ3v) is 3.19. The molecule has 0 saturated heterocycles. The first-order chi connectivity index (χ1) is 10.4. The summed E-state index contributed by atoms with van der Waals surface area (Å²) in [4.78, 5) is 14.5. The molecule has 2 aromatic rings. The van der Waals surface area contributed by atoms with Crippen LogP contribution >= 0.6 is 0 Å². The largest absolute Gasteiger partial charge is 0.457 e. The van der Waals surface area contributed by atoms with Crippen molar-refractivity contribution < 1.29 is 9.66 Å². The topological polar surface area (TPSA) is 69.7 Å². The van der Waals surface area contributed by atoms with Crippen LogP contribution in [0.3, 0.4) is 0 Å². The number of nitro benzene ring substituents is 1. The van der Waals surface area contributed by atoms with E-state index in [4.69, 9.17) is 12.6 Å². The fourth-order valence-corrected chi connectivity index (χ4v) is 1.92. The summed E-state index contributed by atoms with van der Waals surface area (Å²) in [7, 11) is 7.63. The van der Waals surface area contributed by atoms with Crippen LogP contribution < -0.4 is 15.7 Å². The Labute approximate surface area is 129 Å². The number of rotatable bonds is 4. The number of benzene rings is 1. The van der Waals surface area contributed by atoms with Crippen molar-refractivity contribution in [3.8, 4) is 11.5 Å². The molecule has 2 rings (SSSR count). The number of hydrogen-bond donors (Lipinski definition) is 0. The fourth-order valence-electron chi connectivity index (χ4n) is 1.92. The third-order valence-electron chi connectivity index (χ3n) is 3.19. The lowest BCUT2D eigenvalue weighted by Gasteiger charge is -2.12. The summed E-state index contributed by atoms with van der Waals surface area (Å²) in [6.45, 7) is 5.24. The van der Waals surface area contributed by atoms with Crippen molar-refractivity contribution in [3.05, 3.63) is 64.4 Å². The highest BCUT2D eigenvalue weighted by Crippen LogP contribution is 2.25. The first-order valence-electron chi connectivity index (χ1n) is 6.46. The van der Waals surface area contributed by atoms with Crippen molar-refractivity contribution >= 4 is 19.0 Å². The maximum absolute atomic E-state index is 10.9. The molecular formula is C15H14BN3O3. The number of aromatic nitrogens is 1. The van der Waals surface area contributed by atoms with Crippen LogP contribution in [0.15, 0.2) is 48.2 Å². The first-order valence-corrected chi connectivity index (χ1v) is 6.46. The second kappa shape index (κ2) is 6.30. The minimum Gasteiger partial charge on any atom is -0.457 e. The Kier molecular flexibility index (Phi) is 4.46. The van der Waals surface area contributed by atoms with E-state index in [0.717, 1.165) is 0 Å². The minimum absolute atomic E-state index is 0.0972. The van der Waals surface area contributed by atoms with Gasteiger partial charge in [-0.3, -0.25) is 10.1 Å². The monoisotopic (exact) mass is 295 g/mol. The maximum atomic E-state index is 10.9. The molecule has 0 unspecified atom stereocenters. The molecule has 0 amide bonds. The Morgan fingerprint density at radius 2 is 2.18 bits per heavy atom. The van der Waals surface area contributed by atoms with Gasteiger partial charge in [0, 0.05) is 31.6 Å². The van der Waals surface area contributed by atoms with Gasteiger partial charge in [0.1, 0.15) is 24.8 Å². The molecule has 0 atom stereocenters. The zero-order valence-corrected chi connectivity index (χ0v) is 12.3. The SMILES string of the molecule is [B]c1c([N+](=O)[O-])ccc(Oc2ccn(C)c(=NC=C)c2)c1C. The number of pyridine rings is 1. The van der Waals surface area contributed by atoms with E-state index in [1.165, 1.54) is 18.3 Å². The summed E-state index contributed by atoms with van der Waals surface area (Å²) in [5.74, 6) is 1.01. The van der Waals surface area contributed by atoms with E-state index in [1.54, 1.807) is 25.3 Å². The van der Waals surface area contributed by atoms with Crippen molar-refractivity contribution in [1.82, 2.24) is 4.57 Å². The molecule has 0 aliphatic heterocycles. The lowest BCUT2D eigenvalue weighted by molar-refractivity contribution is -0.383. The van der Waals surface area contributed by atoms with Gasteiger partial charge in [-0.2, -0.15) is 0 Å². The smallest absolute Gasteiger partial charge is 0.262 e. The van der Waals surface area contributed by atoms with Crippen LogP contribution in [0.5, 0.6) is 11.5 Å². The van der Waals surface area contributed by atoms with Gasteiger partial charge >= 0.3 is 0 Å². The van der Waals surface area contributed by atoms with Gasteiger partial charge < -0.3 is 9.30 Å². The van der Waals surface area contributed by atoms with E-state index < -0.39 is 4.92 Å². The average molecular weight is 295 g/mol. The predicted molar refractivity (Wildman–Crippen MR) is 84.5 cm³/mol. The van der Waals surface area contributed by atoms with Gasteiger partial charge in [0.25, 0.3) is 5.69 Å². The fraction of sp³-hybridized carbons (Fsp3) is 0.133. The van der Waals surface area contributed by atoms with Crippen molar-refractivity contribution in [1.29, 1.82) is 0 Å². The summed E-state index contributed by atoms with van der Waals surface area (Å²) < 4.78 is 7.57. The molecule has 1 aromatic heterocycles. The quantitative estimate of drug-likeness (QED) is 0.491. The Bertz CT molecular complexity index is 812. The molecule has 2 radical (unpaired) electrons. The third kappa shape index (κ3) is 3.08. The van der Waals surface area contributed by atoms with E-state index in [9.17, 15) is 10.1 Å². The van der Waals surface area contributed by atoms with Gasteiger partial charge in [-0.1, -0.05) is 6.58 Å². The molecule has 22 heavy (non-hydrogen) atoms. The summed E-state index contributed by atoms with van der Waals surface area (Å²) >= 11 is 0. The number of aryl methyl sites for hydroxylation is 1. The lowest BCUT2D eigenvalue weighted by Crippen LogP contribution is -2.16. The van der Waals surface area contributed by atoms with Crippen molar-refractivity contribution in [2.45, 2.75) is 6.92 Å². The van der Waals surface area contributed by atoms with E-state index >= 15 is 0 Å². The zero-order chi connectivity index (χ0) is 16.3. The minimum atomic E-state index is -0.518. The molecule has 7 heteroatoms. The molecule has 0 saturated carbocycles. The summed E-state index contributed by atoms with van der Waals surface area (Å²) in [6.07, 6.45) is 3.23. The number of hydrogen-bond acceptors (Lipinski definition) is 4. The standard InChI is InChI=1S/C15H14BN3O3/c1-4-17-14-9-11(7-8-18(14)3)22-13-6-5-12(19(20)21)15(16)10(13)2/h4-9H,1H2,2-3H3. The number of nitro groups is 1. The van der Waals surface area contributed by atoms with E-state index in [2.05, 4.69) is 11.6 Å². The Morgan fingerprint density at radius 3 is 2.82 bits per heavy atom. The molecule has 1 aromatic carbocycles. The van der Waals surface area contributed by atoms with Gasteiger partial charge in [0.15, 0.2) is 0 Å². The summed E-state index contributed by atoms with van der Waals surface area (Å²) in [6, 6.07) is 6.36. The summed E-state index contributed by atoms with van der Waals surface area (Å²) in [5, 5.41) is 10.9. The highest BCUT2D eigenvalue weighted by Gasteiger charge is 2.15. The zero-order valence-electron chi connectivity index (χ0n) is 12.3. The Hall–Kier alpha value is -2.83. The van der Waals surface area contributed by atoms with Crippen LogP contribution in [0, 0.1) is 17.0 Å². The molecule has 0 aliphatic rings. The molecule has 0 N–H and O–H groups in total. The predicted octanol–water partition coefficient (Wildman–Crippen LogP) is 1.87. The molecule has 0 aliphatic carbocycles. The number of nitrogens with zero attached hydrogens (tertiary/aromatic N) is 3. The van der Waals surface area contributed by atoms with Crippen LogP contribution in [0.25, 0.3) is 0 Å². The normalized spacial score (nSPS) is 11.3. The van der Waals surface area contributed by atoms with Crippen LogP contribution in [-0.4, -0.2) is 17.3 Å². The second-order valence-electron chi connectivity index (χ2n) is 4.62. The van der Waals surface area contributed by atoms with E-state index in [-0.39, 0.29) is 11.2 Å². The average Bonchev–Trinajstić information content (AvgIpc) is 2.47. The van der Waals surface area contributed by atoms with Crippen molar-refractivity contribution in [2.75, 3.05) is 0 Å². The van der Waals surface area contributed by atoms with Crippen LogP contribution in [0.1, 0.15) is 5.56 Å². The van der Waals surface area contributed by atoms with Gasteiger partial charge in [-0.05, 0) is 30.1 Å². The van der Waals surface area contributed by atoms with E-state index in [1.807, 2.05) is 11.6 Å². The summed E-state index contributed by atoms with van der Waals surface area (Å²) in [5.41, 5.74) is 1.15. The van der Waals surface area contributed by atoms with Crippen molar-refractivity contribution in [3.63, 3.8) is 0 Å². The molecule has 0 fully saturated rings. The Morgan fingerprint density at radius 1 is 1.45 bits per heavy atom. The van der Waals surface area contributed by atoms with Gasteiger partial charge in [-0.25, -0.2) is 4.99 Å². The number of ether oxygens (including phenoxy) is 1. The van der Waals surface area contributed by atoms with Crippen molar-refractivity contribution in [2.24, 2.45) is 12.0 Å².